The lowest BCUT2D eigenvalue weighted by Gasteiger charge is -2.27. The van der Waals surface area contributed by atoms with Gasteiger partial charge in [0, 0.05) is 22.7 Å². The van der Waals surface area contributed by atoms with Crippen molar-refractivity contribution in [1.29, 1.82) is 0 Å². The number of rotatable bonds is 5. The molecule has 2 aliphatic rings. The fraction of sp³-hybridized carbons (Fsp3) is 0.111. The summed E-state index contributed by atoms with van der Waals surface area (Å²) in [5, 5.41) is 13.5. The number of halogens is 2. The quantitative estimate of drug-likeness (QED) is 0.165. The molecular weight excluding hydrogens is 533 g/mol. The van der Waals surface area contributed by atoms with E-state index < -0.39 is 34.8 Å². The smallest absolute Gasteiger partial charge is 0.269 e. The molecule has 3 unspecified atom stereocenters. The number of hydrogen-bond acceptors (Lipinski definition) is 7. The summed E-state index contributed by atoms with van der Waals surface area (Å²) in [6.45, 7) is 0. The van der Waals surface area contributed by atoms with Crippen molar-refractivity contribution in [2.75, 3.05) is 9.96 Å². The van der Waals surface area contributed by atoms with Gasteiger partial charge in [-0.2, -0.15) is 0 Å². The Kier molecular flexibility index (Phi) is 5.91. The average molecular weight is 550 g/mol. The van der Waals surface area contributed by atoms with Crippen molar-refractivity contribution in [3.63, 3.8) is 0 Å². The van der Waals surface area contributed by atoms with Gasteiger partial charge in [-0.3, -0.25) is 24.5 Å². The standard InChI is InChI=1S/C27H17Cl2N3O6/c28-15-6-11-20(29)19(14-15)21-12-13-22(37-21)24-23-25(38-31(24)17-4-2-1-3-5-17)27(34)30(26(23)33)16-7-9-18(10-8-16)32(35)36/h1-14,23-25H. The number of fused-ring (bicyclic) bond motifs is 1. The van der Waals surface area contributed by atoms with Gasteiger partial charge in [0.05, 0.1) is 21.3 Å². The van der Waals surface area contributed by atoms with Crippen molar-refractivity contribution in [3.05, 3.63) is 111 Å². The summed E-state index contributed by atoms with van der Waals surface area (Å²) >= 11 is 12.5. The van der Waals surface area contributed by atoms with E-state index >= 15 is 0 Å². The Bertz CT molecular complexity index is 1570. The zero-order chi connectivity index (χ0) is 26.6. The van der Waals surface area contributed by atoms with E-state index in [1.807, 2.05) is 18.2 Å². The molecule has 3 aromatic carbocycles. The molecule has 3 heterocycles. The SMILES string of the molecule is O=C1C2ON(c3ccccc3)C(c3ccc(-c4cc(Cl)ccc4Cl)o3)C2C(=O)N1c1ccc([N+](=O)[O-])cc1. The van der Waals surface area contributed by atoms with Gasteiger partial charge < -0.3 is 4.42 Å². The van der Waals surface area contributed by atoms with E-state index in [0.717, 1.165) is 4.90 Å². The number of imide groups is 1. The van der Waals surface area contributed by atoms with Crippen LogP contribution in [0.5, 0.6) is 0 Å². The second kappa shape index (κ2) is 9.29. The largest absolute Gasteiger partial charge is 0.459 e. The molecule has 3 atom stereocenters. The Labute approximate surface area is 225 Å². The molecule has 0 N–H and O–H groups in total. The van der Waals surface area contributed by atoms with Gasteiger partial charge in [-0.25, -0.2) is 9.96 Å². The number of non-ortho nitro benzene ring substituents is 1. The highest BCUT2D eigenvalue weighted by molar-refractivity contribution is 6.35. The highest BCUT2D eigenvalue weighted by Crippen LogP contribution is 2.48. The lowest BCUT2D eigenvalue weighted by Crippen LogP contribution is -2.37. The fourth-order valence-corrected chi connectivity index (χ4v) is 5.21. The van der Waals surface area contributed by atoms with Crippen LogP contribution in [0.3, 0.4) is 0 Å². The summed E-state index contributed by atoms with van der Waals surface area (Å²) in [5.41, 5.74) is 1.28. The first-order valence-electron chi connectivity index (χ1n) is 11.5. The maximum absolute atomic E-state index is 13.7. The summed E-state index contributed by atoms with van der Waals surface area (Å²) in [4.78, 5) is 44.8. The molecule has 2 saturated heterocycles. The Morgan fingerprint density at radius 1 is 0.842 bits per heavy atom. The number of amides is 2. The number of nitro groups is 1. The van der Waals surface area contributed by atoms with Crippen molar-refractivity contribution in [3.8, 4) is 11.3 Å². The van der Waals surface area contributed by atoms with Crippen LogP contribution in [0.1, 0.15) is 11.8 Å². The summed E-state index contributed by atoms with van der Waals surface area (Å²) in [7, 11) is 0. The van der Waals surface area contributed by atoms with Crippen LogP contribution >= 0.6 is 23.2 Å². The Hall–Kier alpha value is -4.18. The Balaban J connectivity index is 1.41. The van der Waals surface area contributed by atoms with Gasteiger partial charge in [0.1, 0.15) is 23.5 Å². The topological polar surface area (TPSA) is 106 Å². The van der Waals surface area contributed by atoms with E-state index in [1.54, 1.807) is 42.5 Å². The lowest BCUT2D eigenvalue weighted by atomic mass is 9.94. The first kappa shape index (κ1) is 24.2. The number of para-hydroxylation sites is 1. The second-order valence-corrected chi connectivity index (χ2v) is 9.61. The minimum atomic E-state index is -1.12. The van der Waals surface area contributed by atoms with Crippen LogP contribution < -0.4 is 9.96 Å². The molecule has 2 aliphatic heterocycles. The third-order valence-electron chi connectivity index (χ3n) is 6.56. The Morgan fingerprint density at radius 2 is 1.58 bits per heavy atom. The first-order valence-corrected chi connectivity index (χ1v) is 12.3. The molecule has 0 aliphatic carbocycles. The highest BCUT2D eigenvalue weighted by atomic mass is 35.5. The van der Waals surface area contributed by atoms with E-state index in [4.69, 9.17) is 32.5 Å². The number of hydroxylamine groups is 1. The number of carbonyl (C=O) groups excluding carboxylic acids is 2. The molecule has 0 bridgehead atoms. The zero-order valence-electron chi connectivity index (χ0n) is 19.4. The molecule has 9 nitrogen and oxygen atoms in total. The minimum Gasteiger partial charge on any atom is -0.459 e. The van der Waals surface area contributed by atoms with E-state index in [9.17, 15) is 19.7 Å². The van der Waals surface area contributed by atoms with Gasteiger partial charge in [-0.15, -0.1) is 0 Å². The van der Waals surface area contributed by atoms with Crippen LogP contribution in [-0.2, 0) is 14.4 Å². The molecule has 2 fully saturated rings. The third-order valence-corrected chi connectivity index (χ3v) is 7.12. The summed E-state index contributed by atoms with van der Waals surface area (Å²) in [6, 6.07) is 21.9. The molecule has 38 heavy (non-hydrogen) atoms. The van der Waals surface area contributed by atoms with Crippen molar-refractivity contribution in [2.45, 2.75) is 12.1 Å². The molecule has 0 saturated carbocycles. The summed E-state index contributed by atoms with van der Waals surface area (Å²) in [5.74, 6) is -1.18. The molecule has 2 amide bonds. The van der Waals surface area contributed by atoms with Gasteiger partial charge >= 0.3 is 0 Å². The monoisotopic (exact) mass is 549 g/mol. The van der Waals surface area contributed by atoms with Gasteiger partial charge in [0.2, 0.25) is 5.91 Å². The summed E-state index contributed by atoms with van der Waals surface area (Å²) in [6.07, 6.45) is -1.12. The molecule has 0 radical (unpaired) electrons. The number of nitrogens with zero attached hydrogens (tertiary/aromatic N) is 3. The van der Waals surface area contributed by atoms with E-state index in [-0.39, 0.29) is 11.4 Å². The zero-order valence-corrected chi connectivity index (χ0v) is 20.9. The highest BCUT2D eigenvalue weighted by Gasteiger charge is 2.61. The fourth-order valence-electron chi connectivity index (χ4n) is 4.82. The van der Waals surface area contributed by atoms with Gasteiger partial charge in [-0.05, 0) is 54.6 Å². The van der Waals surface area contributed by atoms with Crippen molar-refractivity contribution in [1.82, 2.24) is 0 Å². The third kappa shape index (κ3) is 3.92. The maximum atomic E-state index is 13.7. The van der Waals surface area contributed by atoms with Crippen LogP contribution in [-0.4, -0.2) is 22.8 Å². The molecule has 4 aromatic rings. The predicted molar refractivity (Wildman–Crippen MR) is 140 cm³/mol. The predicted octanol–water partition coefficient (Wildman–Crippen LogP) is 6.21. The molecule has 1 aromatic heterocycles. The van der Waals surface area contributed by atoms with E-state index in [0.29, 0.717) is 32.8 Å². The molecule has 190 valence electrons. The molecule has 11 heteroatoms. The maximum Gasteiger partial charge on any atom is 0.269 e. The molecule has 0 spiro atoms. The van der Waals surface area contributed by atoms with Crippen LogP contribution in [0.15, 0.2) is 89.3 Å². The van der Waals surface area contributed by atoms with Gasteiger partial charge in [0.25, 0.3) is 11.6 Å². The van der Waals surface area contributed by atoms with Crippen LogP contribution in [0.25, 0.3) is 11.3 Å². The number of hydrogen-bond donors (Lipinski definition) is 0. The van der Waals surface area contributed by atoms with Crippen LogP contribution in [0.4, 0.5) is 17.1 Å². The molecular formula is C27H17Cl2N3O6. The normalized spacial score (nSPS) is 20.7. The Morgan fingerprint density at radius 3 is 2.29 bits per heavy atom. The number of nitro benzene ring substituents is 1. The van der Waals surface area contributed by atoms with Crippen LogP contribution in [0.2, 0.25) is 10.0 Å². The number of furan rings is 1. The first-order chi connectivity index (χ1) is 18.3. The van der Waals surface area contributed by atoms with Crippen LogP contribution in [0, 0.1) is 16.0 Å². The minimum absolute atomic E-state index is 0.153. The van der Waals surface area contributed by atoms with E-state index in [2.05, 4.69) is 0 Å². The number of benzene rings is 3. The summed E-state index contributed by atoms with van der Waals surface area (Å²) < 4.78 is 6.19. The van der Waals surface area contributed by atoms with Gasteiger partial charge in [0.15, 0.2) is 6.10 Å². The van der Waals surface area contributed by atoms with Crippen molar-refractivity contribution in [2.24, 2.45) is 5.92 Å². The number of carbonyl (C=O) groups is 2. The van der Waals surface area contributed by atoms with E-state index in [1.165, 1.54) is 29.3 Å². The van der Waals surface area contributed by atoms with Gasteiger partial charge in [-0.1, -0.05) is 41.4 Å². The van der Waals surface area contributed by atoms with Crippen molar-refractivity contribution >= 4 is 52.1 Å². The molecule has 6 rings (SSSR count). The lowest BCUT2D eigenvalue weighted by molar-refractivity contribution is -0.384. The average Bonchev–Trinajstić information content (AvgIpc) is 3.61. The van der Waals surface area contributed by atoms with Crippen molar-refractivity contribution < 1.29 is 23.8 Å². The number of anilines is 2. The second-order valence-electron chi connectivity index (χ2n) is 8.77.